The van der Waals surface area contributed by atoms with Gasteiger partial charge in [0.1, 0.15) is 0 Å². The maximum atomic E-state index is 13.6. The number of aliphatic hydroxyl groups is 1. The van der Waals surface area contributed by atoms with E-state index in [0.29, 0.717) is 6.54 Å². The van der Waals surface area contributed by atoms with Crippen LogP contribution in [-0.2, 0) is 11.4 Å². The average molecular weight is 287 g/mol. The molecule has 1 aromatic carbocycles. The first-order valence-corrected chi connectivity index (χ1v) is 6.52. The van der Waals surface area contributed by atoms with Crippen molar-refractivity contribution in [2.24, 2.45) is 0 Å². The Bertz CT molecular complexity index is 443. The molecule has 0 radical (unpaired) electrons. The molecule has 1 rings (SSSR count). The lowest BCUT2D eigenvalue weighted by atomic mass is 10.2. The van der Waals surface area contributed by atoms with Crippen LogP contribution in [0.5, 0.6) is 5.75 Å². The SMILES string of the molecule is CCCCNC(=O)C(C)Oc1c(F)cc(CO)cc1F. The van der Waals surface area contributed by atoms with E-state index in [2.05, 4.69) is 5.32 Å². The van der Waals surface area contributed by atoms with Gasteiger partial charge in [-0.05, 0) is 31.0 Å². The minimum atomic E-state index is -1.00. The Morgan fingerprint density at radius 3 is 2.50 bits per heavy atom. The van der Waals surface area contributed by atoms with Crippen LogP contribution < -0.4 is 10.1 Å². The van der Waals surface area contributed by atoms with Crippen molar-refractivity contribution in [3.63, 3.8) is 0 Å². The number of carbonyl (C=O) groups excluding carboxylic acids is 1. The van der Waals surface area contributed by atoms with E-state index in [0.717, 1.165) is 25.0 Å². The molecule has 0 aliphatic rings. The summed E-state index contributed by atoms with van der Waals surface area (Å²) in [4.78, 5) is 11.6. The maximum absolute atomic E-state index is 13.6. The molecule has 0 spiro atoms. The van der Waals surface area contributed by atoms with Crippen LogP contribution >= 0.6 is 0 Å². The smallest absolute Gasteiger partial charge is 0.260 e. The second kappa shape index (κ2) is 7.79. The van der Waals surface area contributed by atoms with Gasteiger partial charge in [0.05, 0.1) is 6.61 Å². The number of benzene rings is 1. The zero-order chi connectivity index (χ0) is 15.1. The molecule has 2 N–H and O–H groups in total. The highest BCUT2D eigenvalue weighted by molar-refractivity contribution is 5.80. The summed E-state index contributed by atoms with van der Waals surface area (Å²) < 4.78 is 32.3. The Hall–Kier alpha value is -1.69. The fourth-order valence-electron chi connectivity index (χ4n) is 1.58. The average Bonchev–Trinajstić information content (AvgIpc) is 2.42. The van der Waals surface area contributed by atoms with Crippen LogP contribution in [0.25, 0.3) is 0 Å². The number of halogens is 2. The van der Waals surface area contributed by atoms with Crippen molar-refractivity contribution in [3.05, 3.63) is 29.3 Å². The molecule has 0 aliphatic heterocycles. The van der Waals surface area contributed by atoms with Gasteiger partial charge in [0.25, 0.3) is 5.91 Å². The number of nitrogens with one attached hydrogen (secondary N) is 1. The van der Waals surface area contributed by atoms with Gasteiger partial charge < -0.3 is 15.2 Å². The first kappa shape index (κ1) is 16.4. The lowest BCUT2D eigenvalue weighted by molar-refractivity contribution is -0.127. The van der Waals surface area contributed by atoms with Crippen LogP contribution in [-0.4, -0.2) is 23.7 Å². The number of rotatable bonds is 7. The first-order chi connectivity index (χ1) is 9.49. The number of hydrogen-bond donors (Lipinski definition) is 2. The Labute approximate surface area is 116 Å². The van der Waals surface area contributed by atoms with Gasteiger partial charge in [-0.15, -0.1) is 0 Å². The molecule has 0 saturated carbocycles. The standard InChI is InChI=1S/C14H19F2NO3/c1-3-4-5-17-14(19)9(2)20-13-11(15)6-10(8-18)7-12(13)16/h6-7,9,18H,3-5,8H2,1-2H3,(H,17,19). The highest BCUT2D eigenvalue weighted by Gasteiger charge is 2.19. The number of amides is 1. The maximum Gasteiger partial charge on any atom is 0.260 e. The Balaban J connectivity index is 2.70. The summed E-state index contributed by atoms with van der Waals surface area (Å²) in [5.41, 5.74) is 0.104. The van der Waals surface area contributed by atoms with Gasteiger partial charge in [0, 0.05) is 6.54 Å². The van der Waals surface area contributed by atoms with Crippen molar-refractivity contribution >= 4 is 5.91 Å². The van der Waals surface area contributed by atoms with Crippen LogP contribution in [0.15, 0.2) is 12.1 Å². The van der Waals surface area contributed by atoms with Gasteiger partial charge in [-0.3, -0.25) is 4.79 Å². The van der Waals surface area contributed by atoms with E-state index in [1.54, 1.807) is 0 Å². The third-order valence-corrected chi connectivity index (χ3v) is 2.73. The second-order valence-corrected chi connectivity index (χ2v) is 4.45. The molecule has 0 bridgehead atoms. The number of unbranched alkanes of at least 4 members (excludes halogenated alkanes) is 1. The van der Waals surface area contributed by atoms with Crippen molar-refractivity contribution in [2.45, 2.75) is 39.4 Å². The molecule has 0 aliphatic carbocycles. The summed E-state index contributed by atoms with van der Waals surface area (Å²) in [6.45, 7) is 3.43. The second-order valence-electron chi connectivity index (χ2n) is 4.45. The molecule has 112 valence electrons. The van der Waals surface area contributed by atoms with Crippen molar-refractivity contribution in [1.82, 2.24) is 5.32 Å². The lowest BCUT2D eigenvalue weighted by Crippen LogP contribution is -2.37. The molecule has 4 nitrogen and oxygen atoms in total. The summed E-state index contributed by atoms with van der Waals surface area (Å²) in [7, 11) is 0. The van der Waals surface area contributed by atoms with Crippen LogP contribution in [0.4, 0.5) is 8.78 Å². The molecule has 0 saturated heterocycles. The summed E-state index contributed by atoms with van der Waals surface area (Å²) >= 11 is 0. The number of ether oxygens (including phenoxy) is 1. The van der Waals surface area contributed by atoms with Crippen LogP contribution in [0, 0.1) is 11.6 Å². The third-order valence-electron chi connectivity index (χ3n) is 2.73. The number of carbonyl (C=O) groups is 1. The van der Waals surface area contributed by atoms with E-state index in [9.17, 15) is 13.6 Å². The monoisotopic (exact) mass is 287 g/mol. The molecule has 1 aromatic rings. The summed E-state index contributed by atoms with van der Waals surface area (Å²) in [6, 6.07) is 1.94. The quantitative estimate of drug-likeness (QED) is 0.755. The van der Waals surface area contributed by atoms with E-state index in [4.69, 9.17) is 9.84 Å². The van der Waals surface area contributed by atoms with E-state index < -0.39 is 36.0 Å². The fraction of sp³-hybridized carbons (Fsp3) is 0.500. The Morgan fingerprint density at radius 2 is 2.00 bits per heavy atom. The van der Waals surface area contributed by atoms with Gasteiger partial charge in [-0.1, -0.05) is 13.3 Å². The van der Waals surface area contributed by atoms with Crippen molar-refractivity contribution in [2.75, 3.05) is 6.54 Å². The minimum Gasteiger partial charge on any atom is -0.475 e. The highest BCUT2D eigenvalue weighted by Crippen LogP contribution is 2.24. The summed E-state index contributed by atoms with van der Waals surface area (Å²) in [6.07, 6.45) is 0.754. The van der Waals surface area contributed by atoms with Gasteiger partial charge >= 0.3 is 0 Å². The molecular formula is C14H19F2NO3. The van der Waals surface area contributed by atoms with E-state index in [-0.39, 0.29) is 5.56 Å². The molecule has 1 atom stereocenters. The number of aliphatic hydroxyl groups excluding tert-OH is 1. The summed E-state index contributed by atoms with van der Waals surface area (Å²) in [5, 5.41) is 11.4. The number of hydrogen-bond acceptors (Lipinski definition) is 3. The minimum absolute atomic E-state index is 0.104. The van der Waals surface area contributed by atoms with Crippen molar-refractivity contribution in [3.8, 4) is 5.75 Å². The van der Waals surface area contributed by atoms with E-state index in [1.165, 1.54) is 6.92 Å². The Kier molecular flexibility index (Phi) is 6.38. The fourth-order valence-corrected chi connectivity index (χ4v) is 1.58. The van der Waals surface area contributed by atoms with Gasteiger partial charge in [-0.25, -0.2) is 8.78 Å². The van der Waals surface area contributed by atoms with Crippen LogP contribution in [0.1, 0.15) is 32.3 Å². The highest BCUT2D eigenvalue weighted by atomic mass is 19.1. The van der Waals surface area contributed by atoms with Crippen molar-refractivity contribution in [1.29, 1.82) is 0 Å². The molecule has 0 fully saturated rings. The largest absolute Gasteiger partial charge is 0.475 e. The van der Waals surface area contributed by atoms with E-state index >= 15 is 0 Å². The molecule has 6 heteroatoms. The molecule has 1 amide bonds. The molecule has 0 heterocycles. The van der Waals surface area contributed by atoms with Gasteiger partial charge in [0.15, 0.2) is 23.5 Å². The van der Waals surface area contributed by atoms with E-state index in [1.807, 2.05) is 6.92 Å². The topological polar surface area (TPSA) is 58.6 Å². The van der Waals surface area contributed by atoms with Gasteiger partial charge in [0.2, 0.25) is 0 Å². The third kappa shape index (κ3) is 4.45. The van der Waals surface area contributed by atoms with Crippen LogP contribution in [0.3, 0.4) is 0 Å². The zero-order valence-electron chi connectivity index (χ0n) is 11.6. The molecule has 20 heavy (non-hydrogen) atoms. The Morgan fingerprint density at radius 1 is 1.40 bits per heavy atom. The van der Waals surface area contributed by atoms with Crippen molar-refractivity contribution < 1.29 is 23.4 Å². The van der Waals surface area contributed by atoms with Crippen LogP contribution in [0.2, 0.25) is 0 Å². The summed E-state index contributed by atoms with van der Waals surface area (Å²) in [5.74, 6) is -2.92. The predicted octanol–water partition coefficient (Wildman–Crippen LogP) is 2.14. The molecule has 1 unspecified atom stereocenters. The van der Waals surface area contributed by atoms with Gasteiger partial charge in [-0.2, -0.15) is 0 Å². The normalized spacial score (nSPS) is 12.1. The predicted molar refractivity (Wildman–Crippen MR) is 70.3 cm³/mol. The molecular weight excluding hydrogens is 268 g/mol. The first-order valence-electron chi connectivity index (χ1n) is 6.52. The lowest BCUT2D eigenvalue weighted by Gasteiger charge is -2.16. The zero-order valence-corrected chi connectivity index (χ0v) is 11.6. The molecule has 0 aromatic heterocycles.